The second kappa shape index (κ2) is 7.80. The van der Waals surface area contributed by atoms with Crippen LogP contribution in [0, 0.1) is 0 Å². The zero-order valence-electron chi connectivity index (χ0n) is 13.7. The number of esters is 1. The Kier molecular flexibility index (Phi) is 5.30. The van der Waals surface area contributed by atoms with Gasteiger partial charge in [-0.25, -0.2) is 4.79 Å². The van der Waals surface area contributed by atoms with Gasteiger partial charge in [0, 0.05) is 0 Å². The van der Waals surface area contributed by atoms with Gasteiger partial charge in [-0.15, -0.1) is 11.3 Å². The molecule has 3 rings (SSSR count). The predicted octanol–water partition coefficient (Wildman–Crippen LogP) is 3.56. The maximum atomic E-state index is 12.2. The largest absolute Gasteiger partial charge is 0.493 e. The molecule has 0 aliphatic rings. The molecule has 25 heavy (non-hydrogen) atoms. The van der Waals surface area contributed by atoms with Crippen LogP contribution in [-0.2, 0) is 11.3 Å². The van der Waals surface area contributed by atoms with Crippen molar-refractivity contribution in [3.05, 3.63) is 47.2 Å². The molecule has 0 N–H and O–H groups in total. The minimum atomic E-state index is -0.516. The summed E-state index contributed by atoms with van der Waals surface area (Å²) in [5.41, 5.74) is 0.346. The minimum Gasteiger partial charge on any atom is -0.493 e. The van der Waals surface area contributed by atoms with Gasteiger partial charge in [0.2, 0.25) is 5.82 Å². The molecule has 0 radical (unpaired) electrons. The van der Waals surface area contributed by atoms with Crippen LogP contribution >= 0.6 is 11.3 Å². The summed E-state index contributed by atoms with van der Waals surface area (Å²) < 4.78 is 21.0. The number of carbonyl (C=O) groups excluding carboxylic acids is 1. The van der Waals surface area contributed by atoms with Crippen LogP contribution in [0.5, 0.6) is 11.5 Å². The molecular formula is C17H16N2O5S. The highest BCUT2D eigenvalue weighted by atomic mass is 32.1. The smallest absolute Gasteiger partial charge is 0.338 e. The lowest BCUT2D eigenvalue weighted by Gasteiger charge is -2.10. The number of rotatable bonds is 7. The van der Waals surface area contributed by atoms with Crippen LogP contribution in [0.15, 0.2) is 40.2 Å². The molecule has 0 bridgehead atoms. The molecule has 8 heteroatoms. The highest BCUT2D eigenvalue weighted by Gasteiger charge is 2.15. The normalized spacial score (nSPS) is 10.5. The third kappa shape index (κ3) is 3.97. The van der Waals surface area contributed by atoms with Crippen LogP contribution in [0.2, 0.25) is 0 Å². The van der Waals surface area contributed by atoms with E-state index >= 15 is 0 Å². The lowest BCUT2D eigenvalue weighted by molar-refractivity contribution is 0.0429. The molecule has 7 nitrogen and oxygen atoms in total. The third-order valence-corrected chi connectivity index (χ3v) is 4.10. The van der Waals surface area contributed by atoms with Crippen molar-refractivity contribution in [2.45, 2.75) is 13.5 Å². The standard InChI is InChI=1S/C17H16N2O5S/c1-3-22-12-7-6-11(9-13(12)21-2)17(20)23-10-15-18-16(19-24-15)14-5-4-8-25-14/h4-9H,3,10H2,1-2H3. The molecule has 0 atom stereocenters. The van der Waals surface area contributed by atoms with E-state index in [0.717, 1.165) is 4.88 Å². The van der Waals surface area contributed by atoms with Gasteiger partial charge in [0.05, 0.1) is 24.2 Å². The second-order valence-corrected chi connectivity index (χ2v) is 5.81. The Hall–Kier alpha value is -2.87. The summed E-state index contributed by atoms with van der Waals surface area (Å²) in [6, 6.07) is 8.63. The van der Waals surface area contributed by atoms with Crippen molar-refractivity contribution in [2.75, 3.05) is 13.7 Å². The average molecular weight is 360 g/mol. The van der Waals surface area contributed by atoms with E-state index in [1.54, 1.807) is 18.2 Å². The van der Waals surface area contributed by atoms with Crippen LogP contribution in [0.4, 0.5) is 0 Å². The fourth-order valence-electron chi connectivity index (χ4n) is 2.10. The first-order valence-corrected chi connectivity index (χ1v) is 8.43. The van der Waals surface area contributed by atoms with Crippen molar-refractivity contribution in [1.29, 1.82) is 0 Å². The molecule has 0 fully saturated rings. The highest BCUT2D eigenvalue weighted by Crippen LogP contribution is 2.28. The first kappa shape index (κ1) is 17.0. The van der Waals surface area contributed by atoms with Crippen molar-refractivity contribution >= 4 is 17.3 Å². The molecular weight excluding hydrogens is 344 g/mol. The first-order valence-electron chi connectivity index (χ1n) is 7.55. The Morgan fingerprint density at radius 1 is 1.28 bits per heavy atom. The van der Waals surface area contributed by atoms with E-state index in [1.165, 1.54) is 18.4 Å². The molecule has 0 saturated heterocycles. The van der Waals surface area contributed by atoms with Crippen LogP contribution < -0.4 is 9.47 Å². The summed E-state index contributed by atoms with van der Waals surface area (Å²) in [5.74, 6) is 1.23. The molecule has 1 aromatic carbocycles. The molecule has 2 heterocycles. The van der Waals surface area contributed by atoms with Crippen molar-refractivity contribution in [3.63, 3.8) is 0 Å². The molecule has 0 amide bonds. The molecule has 3 aromatic rings. The Balaban J connectivity index is 1.64. The van der Waals surface area contributed by atoms with Crippen LogP contribution in [-0.4, -0.2) is 29.8 Å². The zero-order chi connectivity index (χ0) is 17.6. The summed E-state index contributed by atoms with van der Waals surface area (Å²) in [6.45, 7) is 2.27. The molecule has 0 aliphatic carbocycles. The number of hydrogen-bond donors (Lipinski definition) is 0. The lowest BCUT2D eigenvalue weighted by Crippen LogP contribution is -2.06. The molecule has 0 saturated carbocycles. The topological polar surface area (TPSA) is 83.7 Å². The fourth-order valence-corrected chi connectivity index (χ4v) is 2.75. The maximum absolute atomic E-state index is 12.2. The maximum Gasteiger partial charge on any atom is 0.338 e. The van der Waals surface area contributed by atoms with E-state index in [1.807, 2.05) is 24.4 Å². The van der Waals surface area contributed by atoms with Crippen LogP contribution in [0.1, 0.15) is 23.2 Å². The lowest BCUT2D eigenvalue weighted by atomic mass is 10.2. The third-order valence-electron chi connectivity index (χ3n) is 3.24. The Labute approximate surface area is 148 Å². The molecule has 2 aromatic heterocycles. The number of ether oxygens (including phenoxy) is 3. The molecule has 0 aliphatic heterocycles. The predicted molar refractivity (Wildman–Crippen MR) is 90.9 cm³/mol. The highest BCUT2D eigenvalue weighted by molar-refractivity contribution is 7.13. The van der Waals surface area contributed by atoms with Gasteiger partial charge in [-0.3, -0.25) is 0 Å². The number of methoxy groups -OCH3 is 1. The number of thiophene rings is 1. The molecule has 0 spiro atoms. The van der Waals surface area contributed by atoms with Gasteiger partial charge in [0.25, 0.3) is 5.89 Å². The van der Waals surface area contributed by atoms with Crippen LogP contribution in [0.25, 0.3) is 10.7 Å². The van der Waals surface area contributed by atoms with Gasteiger partial charge in [0.15, 0.2) is 18.1 Å². The number of aromatic nitrogens is 2. The number of carbonyl (C=O) groups is 1. The number of benzene rings is 1. The molecule has 0 unspecified atom stereocenters. The first-order chi connectivity index (χ1) is 12.2. The monoisotopic (exact) mass is 360 g/mol. The summed E-state index contributed by atoms with van der Waals surface area (Å²) in [4.78, 5) is 17.3. The van der Waals surface area contributed by atoms with E-state index < -0.39 is 5.97 Å². The van der Waals surface area contributed by atoms with Crippen molar-refractivity contribution < 1.29 is 23.5 Å². The summed E-state index contributed by atoms with van der Waals surface area (Å²) in [5, 5.41) is 5.79. The molecule has 130 valence electrons. The minimum absolute atomic E-state index is 0.104. The van der Waals surface area contributed by atoms with Gasteiger partial charge >= 0.3 is 5.97 Å². The Morgan fingerprint density at radius 2 is 2.16 bits per heavy atom. The van der Waals surface area contributed by atoms with E-state index in [4.69, 9.17) is 18.7 Å². The van der Waals surface area contributed by atoms with Gasteiger partial charge in [-0.1, -0.05) is 11.2 Å². The van der Waals surface area contributed by atoms with E-state index in [2.05, 4.69) is 10.1 Å². The second-order valence-electron chi connectivity index (χ2n) is 4.86. The summed E-state index contributed by atoms with van der Waals surface area (Å²) in [6.07, 6.45) is 0. The number of hydrogen-bond acceptors (Lipinski definition) is 8. The van der Waals surface area contributed by atoms with E-state index in [0.29, 0.717) is 29.5 Å². The fraction of sp³-hybridized carbons (Fsp3) is 0.235. The van der Waals surface area contributed by atoms with Crippen molar-refractivity contribution in [3.8, 4) is 22.2 Å². The van der Waals surface area contributed by atoms with E-state index in [-0.39, 0.29) is 12.5 Å². The quantitative estimate of drug-likeness (QED) is 0.596. The summed E-state index contributed by atoms with van der Waals surface area (Å²) >= 11 is 1.50. The van der Waals surface area contributed by atoms with Gasteiger partial charge in [-0.2, -0.15) is 4.98 Å². The number of nitrogens with zero attached hydrogens (tertiary/aromatic N) is 2. The summed E-state index contributed by atoms with van der Waals surface area (Å²) in [7, 11) is 1.51. The van der Waals surface area contributed by atoms with Gasteiger partial charge in [-0.05, 0) is 36.6 Å². The average Bonchev–Trinajstić information content (AvgIpc) is 3.31. The Bertz CT molecular complexity index is 845. The zero-order valence-corrected chi connectivity index (χ0v) is 14.5. The van der Waals surface area contributed by atoms with E-state index in [9.17, 15) is 4.79 Å². The Morgan fingerprint density at radius 3 is 2.88 bits per heavy atom. The SMILES string of the molecule is CCOc1ccc(C(=O)OCc2nc(-c3cccs3)no2)cc1OC. The van der Waals surface area contributed by atoms with Gasteiger partial charge in [0.1, 0.15) is 0 Å². The van der Waals surface area contributed by atoms with Crippen LogP contribution in [0.3, 0.4) is 0 Å². The van der Waals surface area contributed by atoms with Gasteiger partial charge < -0.3 is 18.7 Å². The van der Waals surface area contributed by atoms with Crippen molar-refractivity contribution in [1.82, 2.24) is 10.1 Å². The van der Waals surface area contributed by atoms with Crippen molar-refractivity contribution in [2.24, 2.45) is 0 Å².